The number of rotatable bonds is 7. The summed E-state index contributed by atoms with van der Waals surface area (Å²) in [5.41, 5.74) is -0.574. The fraction of sp³-hybridized carbons (Fsp3) is 0.483. The smallest absolute Gasteiger partial charge is 0.407 e. The van der Waals surface area contributed by atoms with Crippen LogP contribution in [0.5, 0.6) is 5.75 Å². The largest absolute Gasteiger partial charge is 0.490 e. The minimum Gasteiger partial charge on any atom is -0.490 e. The van der Waals surface area contributed by atoms with Crippen LogP contribution in [0.15, 0.2) is 43.0 Å². The zero-order valence-electron chi connectivity index (χ0n) is 24.1. The van der Waals surface area contributed by atoms with Crippen molar-refractivity contribution in [3.8, 4) is 5.75 Å². The van der Waals surface area contributed by atoms with Gasteiger partial charge < -0.3 is 29.7 Å². The summed E-state index contributed by atoms with van der Waals surface area (Å²) in [5, 5.41) is 13.9. The number of hydrogen-bond acceptors (Lipinski definition) is 10. The second kappa shape index (κ2) is 12.8. The van der Waals surface area contributed by atoms with Crippen molar-refractivity contribution in [3.63, 3.8) is 0 Å². The number of benzene rings is 1. The third-order valence-electron chi connectivity index (χ3n) is 7.35. The lowest BCUT2D eigenvalue weighted by molar-refractivity contribution is 0.0504. The first-order valence-corrected chi connectivity index (χ1v) is 14.4. The van der Waals surface area contributed by atoms with Gasteiger partial charge in [-0.2, -0.15) is 0 Å². The summed E-state index contributed by atoms with van der Waals surface area (Å²) >= 11 is 5.87. The standard InChI is InChI=1S/C29H34ClF2N7O4/c1-29(2,3)43-28(41)37-24-14-39(13-22(24)21-8-19(31)4-5-23(21)32)27-35-11-20(12-36-27)42-16-17-6-7-38(15-25(17)40)26-33-9-18(30)10-34-26/h4-5,8-12,17,22,24-25,40H,6-7,13-16H2,1-3H3,(H,37,41)/t17-,22+,24-,25-/m0/s1. The predicted octanol–water partition coefficient (Wildman–Crippen LogP) is 3.96. The van der Waals surface area contributed by atoms with E-state index in [9.17, 15) is 18.7 Å². The van der Waals surface area contributed by atoms with Crippen LogP contribution < -0.4 is 19.9 Å². The molecule has 2 aliphatic heterocycles. The molecule has 2 N–H and O–H groups in total. The van der Waals surface area contributed by atoms with E-state index < -0.39 is 41.4 Å². The van der Waals surface area contributed by atoms with Gasteiger partial charge in [-0.3, -0.25) is 0 Å². The Morgan fingerprint density at radius 1 is 1.05 bits per heavy atom. The third kappa shape index (κ3) is 7.77. The van der Waals surface area contributed by atoms with Gasteiger partial charge >= 0.3 is 6.09 Å². The van der Waals surface area contributed by atoms with Crippen LogP contribution >= 0.6 is 11.6 Å². The first-order valence-electron chi connectivity index (χ1n) is 14.0. The highest BCUT2D eigenvalue weighted by molar-refractivity contribution is 6.30. The number of carbonyl (C=O) groups excluding carboxylic acids is 1. The van der Waals surface area contributed by atoms with Crippen LogP contribution in [0.2, 0.25) is 5.02 Å². The number of aliphatic hydroxyl groups is 1. The average Bonchev–Trinajstić information content (AvgIpc) is 3.36. The topological polar surface area (TPSA) is 126 Å². The molecule has 4 atom stereocenters. The second-order valence-corrected chi connectivity index (χ2v) is 12.2. The minimum absolute atomic E-state index is 0.108. The number of alkyl carbamates (subject to hydrolysis) is 1. The Balaban J connectivity index is 1.21. The maximum atomic E-state index is 14.8. The lowest BCUT2D eigenvalue weighted by Gasteiger charge is -2.35. The van der Waals surface area contributed by atoms with Gasteiger partial charge in [0.1, 0.15) is 17.2 Å². The van der Waals surface area contributed by atoms with Crippen molar-refractivity contribution in [1.82, 2.24) is 25.3 Å². The highest BCUT2D eigenvalue weighted by Crippen LogP contribution is 2.32. The molecule has 1 amide bonds. The number of piperidine rings is 1. The van der Waals surface area contributed by atoms with E-state index in [4.69, 9.17) is 21.1 Å². The highest BCUT2D eigenvalue weighted by atomic mass is 35.5. The van der Waals surface area contributed by atoms with Gasteiger partial charge in [0.05, 0.1) is 48.6 Å². The zero-order valence-corrected chi connectivity index (χ0v) is 24.8. The normalized spacial score (nSPS) is 22.4. The van der Waals surface area contributed by atoms with Gasteiger partial charge in [0, 0.05) is 38.0 Å². The Morgan fingerprint density at radius 3 is 2.40 bits per heavy atom. The Kier molecular flexibility index (Phi) is 9.11. The number of nitrogens with zero attached hydrogens (tertiary/aromatic N) is 6. The van der Waals surface area contributed by atoms with Gasteiger partial charge in [-0.05, 0) is 51.0 Å². The van der Waals surface area contributed by atoms with Crippen molar-refractivity contribution in [2.45, 2.75) is 50.9 Å². The third-order valence-corrected chi connectivity index (χ3v) is 7.55. The molecule has 3 aromatic rings. The fourth-order valence-corrected chi connectivity index (χ4v) is 5.36. The molecular weight excluding hydrogens is 584 g/mol. The first kappa shape index (κ1) is 30.6. The van der Waals surface area contributed by atoms with Crippen molar-refractivity contribution < 1.29 is 28.2 Å². The van der Waals surface area contributed by atoms with Crippen LogP contribution in [0.3, 0.4) is 0 Å². The molecule has 0 radical (unpaired) electrons. The van der Waals surface area contributed by atoms with E-state index in [2.05, 4.69) is 25.3 Å². The number of carbonyl (C=O) groups is 1. The number of β-amino-alcohol motifs (C(OH)–C–C–N with tert-alkyl or cyclic N) is 1. The van der Waals surface area contributed by atoms with E-state index in [0.29, 0.717) is 42.2 Å². The predicted molar refractivity (Wildman–Crippen MR) is 155 cm³/mol. The SMILES string of the molecule is CC(C)(C)OC(=O)N[C@H]1CN(c2ncc(OC[C@@H]3CCN(c4ncc(Cl)cn4)C[C@@H]3O)cn2)C[C@@H]1c1cc(F)ccc1F. The average molecular weight is 618 g/mol. The Labute approximate surface area is 253 Å². The molecule has 11 nitrogen and oxygen atoms in total. The van der Waals surface area contributed by atoms with Gasteiger partial charge in [-0.25, -0.2) is 33.5 Å². The molecule has 2 saturated heterocycles. The van der Waals surface area contributed by atoms with E-state index in [1.807, 2.05) is 4.90 Å². The number of amides is 1. The number of aliphatic hydroxyl groups excluding tert-OH is 1. The number of hydrogen-bond donors (Lipinski definition) is 2. The van der Waals surface area contributed by atoms with Crippen molar-refractivity contribution >= 4 is 29.6 Å². The van der Waals surface area contributed by atoms with Crippen LogP contribution in [0, 0.1) is 17.6 Å². The summed E-state index contributed by atoms with van der Waals surface area (Å²) in [6, 6.07) is 2.69. The molecule has 0 saturated carbocycles. The molecule has 5 rings (SSSR count). The van der Waals surface area contributed by atoms with E-state index in [1.54, 1.807) is 25.7 Å². The number of aromatic nitrogens is 4. The molecular formula is C29H34ClF2N7O4. The van der Waals surface area contributed by atoms with E-state index in [1.165, 1.54) is 24.8 Å². The van der Waals surface area contributed by atoms with Crippen molar-refractivity contribution in [3.05, 3.63) is 65.2 Å². The lowest BCUT2D eigenvalue weighted by Crippen LogP contribution is -2.46. The zero-order chi connectivity index (χ0) is 30.7. The van der Waals surface area contributed by atoms with Crippen LogP contribution in [0.4, 0.5) is 25.5 Å². The molecule has 0 bridgehead atoms. The van der Waals surface area contributed by atoms with Crippen LogP contribution in [0.25, 0.3) is 0 Å². The van der Waals surface area contributed by atoms with Crippen molar-refractivity contribution in [2.24, 2.45) is 5.92 Å². The Hall–Kier alpha value is -3.84. The molecule has 0 spiro atoms. The van der Waals surface area contributed by atoms with E-state index in [-0.39, 0.29) is 31.2 Å². The highest BCUT2D eigenvalue weighted by Gasteiger charge is 2.38. The van der Waals surface area contributed by atoms with E-state index in [0.717, 1.165) is 18.2 Å². The van der Waals surface area contributed by atoms with Gasteiger partial charge in [0.15, 0.2) is 5.75 Å². The fourth-order valence-electron chi connectivity index (χ4n) is 5.26. The summed E-state index contributed by atoms with van der Waals surface area (Å²) in [7, 11) is 0. The summed E-state index contributed by atoms with van der Waals surface area (Å²) < 4.78 is 40.1. The molecule has 230 valence electrons. The van der Waals surface area contributed by atoms with Crippen molar-refractivity contribution in [2.75, 3.05) is 42.6 Å². The molecule has 0 unspecified atom stereocenters. The number of nitrogens with one attached hydrogen (secondary N) is 1. The number of anilines is 2. The summed E-state index contributed by atoms with van der Waals surface area (Å²) in [4.78, 5) is 33.5. The maximum Gasteiger partial charge on any atom is 0.407 e. The molecule has 1 aromatic carbocycles. The summed E-state index contributed by atoms with van der Waals surface area (Å²) in [5.74, 6) is -0.537. The Bertz CT molecular complexity index is 1410. The molecule has 4 heterocycles. The first-order chi connectivity index (χ1) is 20.4. The van der Waals surface area contributed by atoms with Gasteiger partial charge in [-0.15, -0.1) is 0 Å². The molecule has 2 aliphatic rings. The Morgan fingerprint density at radius 2 is 1.72 bits per heavy atom. The van der Waals surface area contributed by atoms with Crippen LogP contribution in [-0.4, -0.2) is 81.7 Å². The molecule has 2 fully saturated rings. The molecule has 0 aliphatic carbocycles. The quantitative estimate of drug-likeness (QED) is 0.402. The summed E-state index contributed by atoms with van der Waals surface area (Å²) in [6.07, 6.45) is 5.47. The molecule has 14 heteroatoms. The van der Waals surface area contributed by atoms with Gasteiger partial charge in [-0.1, -0.05) is 11.6 Å². The lowest BCUT2D eigenvalue weighted by atomic mass is 9.94. The molecule has 2 aromatic heterocycles. The maximum absolute atomic E-state index is 14.8. The van der Waals surface area contributed by atoms with Crippen LogP contribution in [-0.2, 0) is 4.74 Å². The van der Waals surface area contributed by atoms with Gasteiger partial charge in [0.25, 0.3) is 0 Å². The van der Waals surface area contributed by atoms with Crippen molar-refractivity contribution in [1.29, 1.82) is 0 Å². The van der Waals surface area contributed by atoms with E-state index >= 15 is 0 Å². The van der Waals surface area contributed by atoms with Crippen LogP contribution in [0.1, 0.15) is 38.7 Å². The monoisotopic (exact) mass is 617 g/mol. The number of halogens is 3. The van der Waals surface area contributed by atoms with Gasteiger partial charge in [0.2, 0.25) is 11.9 Å². The molecule has 43 heavy (non-hydrogen) atoms. The second-order valence-electron chi connectivity index (χ2n) is 11.7. The summed E-state index contributed by atoms with van der Waals surface area (Å²) in [6.45, 7) is 7.02. The number of ether oxygens (including phenoxy) is 2. The minimum atomic E-state index is -0.723.